The monoisotopic (exact) mass is 261 g/mol. The fourth-order valence-corrected chi connectivity index (χ4v) is 2.61. The minimum Gasteiger partial charge on any atom is -0.480 e. The van der Waals surface area contributed by atoms with Crippen LogP contribution in [0.4, 0.5) is 0 Å². The highest BCUT2D eigenvalue weighted by Gasteiger charge is 2.31. The highest BCUT2D eigenvalue weighted by molar-refractivity contribution is 5.88. The fourth-order valence-electron chi connectivity index (χ4n) is 2.61. The highest BCUT2D eigenvalue weighted by Crippen LogP contribution is 2.32. The Morgan fingerprint density at radius 1 is 1.37 bits per heavy atom. The van der Waals surface area contributed by atoms with E-state index in [4.69, 9.17) is 5.11 Å². The van der Waals surface area contributed by atoms with Crippen LogP contribution in [0.15, 0.2) is 24.3 Å². The largest absolute Gasteiger partial charge is 0.480 e. The molecule has 0 spiro atoms. The van der Waals surface area contributed by atoms with E-state index in [-0.39, 0.29) is 11.8 Å². The van der Waals surface area contributed by atoms with Crippen molar-refractivity contribution in [3.63, 3.8) is 0 Å². The molecule has 0 bridgehead atoms. The number of aliphatic carboxylic acids is 1. The Balaban J connectivity index is 2.24. The van der Waals surface area contributed by atoms with Gasteiger partial charge in [-0.1, -0.05) is 24.3 Å². The summed E-state index contributed by atoms with van der Waals surface area (Å²) < 4.78 is 0. The van der Waals surface area contributed by atoms with Crippen LogP contribution in [0.3, 0.4) is 0 Å². The number of carbonyl (C=O) groups excluding carboxylic acids is 1. The van der Waals surface area contributed by atoms with Crippen LogP contribution in [-0.2, 0) is 16.0 Å². The van der Waals surface area contributed by atoms with Crippen molar-refractivity contribution < 1.29 is 14.7 Å². The number of fused-ring (bicyclic) bond motifs is 1. The van der Waals surface area contributed by atoms with E-state index in [0.29, 0.717) is 0 Å². The number of hydrogen-bond donors (Lipinski definition) is 1. The Morgan fingerprint density at radius 3 is 2.74 bits per heavy atom. The van der Waals surface area contributed by atoms with Crippen LogP contribution < -0.4 is 0 Å². The molecule has 0 saturated heterocycles. The molecule has 4 heteroatoms. The molecule has 1 N–H and O–H groups in total. The summed E-state index contributed by atoms with van der Waals surface area (Å²) in [4.78, 5) is 24.8. The van der Waals surface area contributed by atoms with Gasteiger partial charge >= 0.3 is 5.97 Å². The number of carboxylic acid groups (broad SMARTS) is 1. The van der Waals surface area contributed by atoms with Crippen LogP contribution >= 0.6 is 0 Å². The summed E-state index contributed by atoms with van der Waals surface area (Å²) in [5.74, 6) is -1.27. The zero-order valence-electron chi connectivity index (χ0n) is 11.3. The molecule has 2 atom stereocenters. The minimum absolute atomic E-state index is 0.0953. The first-order chi connectivity index (χ1) is 9.02. The van der Waals surface area contributed by atoms with Crippen LogP contribution in [0.2, 0.25) is 0 Å². The lowest BCUT2D eigenvalue weighted by Crippen LogP contribution is -2.43. The van der Waals surface area contributed by atoms with Crippen molar-refractivity contribution in [2.24, 2.45) is 0 Å². The molecule has 4 nitrogen and oxygen atoms in total. The van der Waals surface area contributed by atoms with E-state index < -0.39 is 12.0 Å². The van der Waals surface area contributed by atoms with E-state index in [2.05, 4.69) is 6.07 Å². The van der Waals surface area contributed by atoms with Crippen LogP contribution in [-0.4, -0.2) is 35.0 Å². The number of nitrogens with zero attached hydrogens (tertiary/aromatic N) is 1. The van der Waals surface area contributed by atoms with Gasteiger partial charge in [-0.15, -0.1) is 0 Å². The highest BCUT2D eigenvalue weighted by atomic mass is 16.4. The predicted octanol–water partition coefficient (Wildman–Crippen LogP) is 2.04. The lowest BCUT2D eigenvalue weighted by atomic mass is 9.82. The van der Waals surface area contributed by atoms with E-state index in [1.807, 2.05) is 18.2 Å². The second kappa shape index (κ2) is 5.43. The summed E-state index contributed by atoms with van der Waals surface area (Å²) in [6.07, 6.45) is 2.77. The molecule has 0 radical (unpaired) electrons. The first kappa shape index (κ1) is 13.6. The Bertz CT molecular complexity index is 498. The SMILES string of the molecule is CC(C(=O)O)N(C)C(=O)C1CCCc2ccccc21. The third-order valence-electron chi connectivity index (χ3n) is 3.95. The standard InChI is InChI=1S/C15H19NO3/c1-10(15(18)19)16(2)14(17)13-9-5-7-11-6-3-4-8-12(11)13/h3-4,6,8,10,13H,5,7,9H2,1-2H3,(H,18,19). The third-order valence-corrected chi connectivity index (χ3v) is 3.95. The van der Waals surface area contributed by atoms with Gasteiger partial charge in [0.2, 0.25) is 5.91 Å². The van der Waals surface area contributed by atoms with Crippen molar-refractivity contribution in [3.05, 3.63) is 35.4 Å². The number of hydrogen-bond acceptors (Lipinski definition) is 2. The summed E-state index contributed by atoms with van der Waals surface area (Å²) in [5, 5.41) is 9.00. The van der Waals surface area contributed by atoms with Crippen LogP contribution in [0, 0.1) is 0 Å². The van der Waals surface area contributed by atoms with Gasteiger partial charge in [-0.05, 0) is 37.3 Å². The molecule has 0 fully saturated rings. The lowest BCUT2D eigenvalue weighted by molar-refractivity contribution is -0.148. The Hall–Kier alpha value is -1.84. The van der Waals surface area contributed by atoms with Gasteiger partial charge in [-0.25, -0.2) is 4.79 Å². The normalized spacial score (nSPS) is 19.4. The number of carbonyl (C=O) groups is 2. The maximum Gasteiger partial charge on any atom is 0.326 e. The summed E-state index contributed by atoms with van der Waals surface area (Å²) in [7, 11) is 1.57. The van der Waals surface area contributed by atoms with E-state index in [1.54, 1.807) is 7.05 Å². The summed E-state index contributed by atoms with van der Waals surface area (Å²) >= 11 is 0. The van der Waals surface area contributed by atoms with E-state index in [0.717, 1.165) is 24.8 Å². The molecule has 1 aromatic rings. The topological polar surface area (TPSA) is 57.6 Å². The Kier molecular flexibility index (Phi) is 3.88. The molecule has 0 saturated carbocycles. The molecule has 0 heterocycles. The second-order valence-electron chi connectivity index (χ2n) is 5.11. The van der Waals surface area contributed by atoms with Gasteiger partial charge in [0.1, 0.15) is 6.04 Å². The average Bonchev–Trinajstić information content (AvgIpc) is 2.44. The van der Waals surface area contributed by atoms with Gasteiger partial charge in [0, 0.05) is 7.05 Å². The zero-order valence-corrected chi connectivity index (χ0v) is 11.3. The zero-order chi connectivity index (χ0) is 14.0. The smallest absolute Gasteiger partial charge is 0.326 e. The molecule has 0 aliphatic heterocycles. The number of benzene rings is 1. The molecule has 0 aromatic heterocycles. The Labute approximate surface area is 113 Å². The molecule has 1 amide bonds. The van der Waals surface area contributed by atoms with E-state index in [1.165, 1.54) is 17.4 Å². The number of carboxylic acids is 1. The van der Waals surface area contributed by atoms with Crippen LogP contribution in [0.5, 0.6) is 0 Å². The predicted molar refractivity (Wildman–Crippen MR) is 72.0 cm³/mol. The third kappa shape index (κ3) is 2.62. The lowest BCUT2D eigenvalue weighted by Gasteiger charge is -2.30. The number of aryl methyl sites for hydroxylation is 1. The van der Waals surface area contributed by atoms with Crippen molar-refractivity contribution >= 4 is 11.9 Å². The minimum atomic E-state index is -0.972. The molecule has 2 unspecified atom stereocenters. The fraction of sp³-hybridized carbons (Fsp3) is 0.467. The van der Waals surface area contributed by atoms with Crippen molar-refractivity contribution in [1.29, 1.82) is 0 Å². The van der Waals surface area contributed by atoms with Crippen molar-refractivity contribution in [3.8, 4) is 0 Å². The first-order valence-corrected chi connectivity index (χ1v) is 6.59. The average molecular weight is 261 g/mol. The number of likely N-dealkylation sites (N-methyl/N-ethyl adjacent to an activating group) is 1. The van der Waals surface area contributed by atoms with E-state index >= 15 is 0 Å². The number of rotatable bonds is 3. The first-order valence-electron chi connectivity index (χ1n) is 6.59. The van der Waals surface area contributed by atoms with E-state index in [9.17, 15) is 9.59 Å². The summed E-state index contributed by atoms with van der Waals surface area (Å²) in [6, 6.07) is 7.16. The van der Waals surface area contributed by atoms with Crippen molar-refractivity contribution in [1.82, 2.24) is 4.90 Å². The van der Waals surface area contributed by atoms with Gasteiger partial charge in [0.05, 0.1) is 5.92 Å². The molecular formula is C15H19NO3. The van der Waals surface area contributed by atoms with Gasteiger partial charge < -0.3 is 10.0 Å². The van der Waals surface area contributed by atoms with Crippen LogP contribution in [0.25, 0.3) is 0 Å². The van der Waals surface area contributed by atoms with Crippen LogP contribution in [0.1, 0.15) is 36.8 Å². The van der Waals surface area contributed by atoms with Gasteiger partial charge in [-0.2, -0.15) is 0 Å². The number of amides is 1. The maximum absolute atomic E-state index is 12.5. The van der Waals surface area contributed by atoms with Gasteiger partial charge in [0.25, 0.3) is 0 Å². The summed E-state index contributed by atoms with van der Waals surface area (Å²) in [5.41, 5.74) is 2.27. The van der Waals surface area contributed by atoms with Gasteiger partial charge in [-0.3, -0.25) is 4.79 Å². The van der Waals surface area contributed by atoms with Crippen molar-refractivity contribution in [2.75, 3.05) is 7.05 Å². The molecule has 19 heavy (non-hydrogen) atoms. The molecule has 2 rings (SSSR count). The second-order valence-corrected chi connectivity index (χ2v) is 5.11. The molecule has 102 valence electrons. The van der Waals surface area contributed by atoms with Crippen molar-refractivity contribution in [2.45, 2.75) is 38.1 Å². The quantitative estimate of drug-likeness (QED) is 0.905. The summed E-state index contributed by atoms with van der Waals surface area (Å²) in [6.45, 7) is 1.54. The molecule has 1 aliphatic rings. The maximum atomic E-state index is 12.5. The van der Waals surface area contributed by atoms with Gasteiger partial charge in [0.15, 0.2) is 0 Å². The molecule has 1 aliphatic carbocycles. The Morgan fingerprint density at radius 2 is 2.05 bits per heavy atom. The molecular weight excluding hydrogens is 242 g/mol. The molecule has 1 aromatic carbocycles.